The molecular formula is C28H20Cl3NO2. The maximum absolute atomic E-state index is 13.8. The minimum atomic E-state index is -0.281. The van der Waals surface area contributed by atoms with E-state index in [4.69, 9.17) is 39.5 Å². The zero-order chi connectivity index (χ0) is 23.8. The number of carbonyl (C=O) groups excluding carboxylic acids is 1. The molecule has 1 unspecified atom stereocenters. The molecule has 1 atom stereocenters. The summed E-state index contributed by atoms with van der Waals surface area (Å²) < 4.78 is 5.80. The summed E-state index contributed by atoms with van der Waals surface area (Å²) in [6.07, 6.45) is 0. The summed E-state index contributed by atoms with van der Waals surface area (Å²) in [7, 11) is 1.65. The topological polar surface area (TPSA) is 29.5 Å². The molecule has 0 radical (unpaired) electrons. The van der Waals surface area contributed by atoms with Crippen LogP contribution in [-0.2, 0) is 6.54 Å². The van der Waals surface area contributed by atoms with Gasteiger partial charge >= 0.3 is 0 Å². The van der Waals surface area contributed by atoms with Gasteiger partial charge in [-0.05, 0) is 71.3 Å². The van der Waals surface area contributed by atoms with Gasteiger partial charge in [-0.25, -0.2) is 0 Å². The lowest BCUT2D eigenvalue weighted by atomic mass is 9.82. The number of nitrogens with zero attached hydrogens (tertiary/aromatic N) is 1. The van der Waals surface area contributed by atoms with Gasteiger partial charge in [0.1, 0.15) is 5.75 Å². The third kappa shape index (κ3) is 4.05. The first kappa shape index (κ1) is 22.8. The van der Waals surface area contributed by atoms with E-state index in [9.17, 15) is 4.79 Å². The molecule has 0 bridgehead atoms. The Morgan fingerprint density at radius 1 is 0.853 bits per heavy atom. The first-order chi connectivity index (χ1) is 16.5. The maximum Gasteiger partial charge on any atom is 0.258 e. The van der Waals surface area contributed by atoms with E-state index in [2.05, 4.69) is 0 Å². The molecule has 34 heavy (non-hydrogen) atoms. The molecule has 0 N–H and O–H groups in total. The molecule has 170 valence electrons. The zero-order valence-corrected chi connectivity index (χ0v) is 20.5. The van der Waals surface area contributed by atoms with Crippen LogP contribution < -0.4 is 9.64 Å². The van der Waals surface area contributed by atoms with Crippen molar-refractivity contribution >= 4 is 46.4 Å². The summed E-state index contributed by atoms with van der Waals surface area (Å²) >= 11 is 19.3. The average Bonchev–Trinajstić information content (AvgIpc) is 2.98. The van der Waals surface area contributed by atoms with Crippen LogP contribution in [-0.4, -0.2) is 13.0 Å². The Hall–Kier alpha value is -2.98. The molecular weight excluding hydrogens is 489 g/mol. The predicted octanol–water partition coefficient (Wildman–Crippen LogP) is 8.00. The molecule has 1 aliphatic heterocycles. The number of ether oxygens (including phenoxy) is 1. The van der Waals surface area contributed by atoms with Crippen LogP contribution in [0.25, 0.3) is 0 Å². The van der Waals surface area contributed by atoms with Gasteiger partial charge in [-0.2, -0.15) is 0 Å². The summed E-state index contributed by atoms with van der Waals surface area (Å²) in [6.45, 7) is 0.365. The SMILES string of the molecule is COc1cccc2c1C(c1ccccc1Cl)c1cc(Cl)ccc1N(C(=O)c1ccc(Cl)cc1)C2. The second kappa shape index (κ2) is 9.34. The Balaban J connectivity index is 1.80. The molecule has 0 aliphatic carbocycles. The summed E-state index contributed by atoms with van der Waals surface area (Å²) in [6, 6.07) is 26.2. The van der Waals surface area contributed by atoms with Crippen LogP contribution >= 0.6 is 34.8 Å². The monoisotopic (exact) mass is 507 g/mol. The van der Waals surface area contributed by atoms with Crippen LogP contribution in [0.5, 0.6) is 5.75 Å². The number of amides is 1. The Kier molecular flexibility index (Phi) is 6.26. The Morgan fingerprint density at radius 3 is 2.32 bits per heavy atom. The molecule has 5 rings (SSSR count). The van der Waals surface area contributed by atoms with Gasteiger partial charge in [0.05, 0.1) is 13.7 Å². The highest BCUT2D eigenvalue weighted by Crippen LogP contribution is 2.48. The fourth-order valence-corrected chi connectivity index (χ4v) is 5.16. The first-order valence-electron chi connectivity index (χ1n) is 10.7. The quantitative estimate of drug-likeness (QED) is 0.281. The second-order valence-electron chi connectivity index (χ2n) is 8.09. The van der Waals surface area contributed by atoms with Gasteiger partial charge in [0, 0.05) is 37.8 Å². The minimum Gasteiger partial charge on any atom is -0.496 e. The molecule has 1 heterocycles. The summed E-state index contributed by atoms with van der Waals surface area (Å²) in [5.74, 6) is 0.319. The van der Waals surface area contributed by atoms with E-state index in [1.807, 2.05) is 54.6 Å². The lowest BCUT2D eigenvalue weighted by molar-refractivity contribution is 0.0985. The van der Waals surface area contributed by atoms with E-state index in [1.54, 1.807) is 42.3 Å². The van der Waals surface area contributed by atoms with Crippen molar-refractivity contribution in [1.82, 2.24) is 0 Å². The van der Waals surface area contributed by atoms with Crippen molar-refractivity contribution in [2.75, 3.05) is 12.0 Å². The van der Waals surface area contributed by atoms with Gasteiger partial charge in [-0.15, -0.1) is 0 Å². The lowest BCUT2D eigenvalue weighted by Crippen LogP contribution is -2.30. The predicted molar refractivity (Wildman–Crippen MR) is 139 cm³/mol. The summed E-state index contributed by atoms with van der Waals surface area (Å²) in [5, 5.41) is 1.79. The van der Waals surface area contributed by atoms with Gasteiger partial charge in [-0.3, -0.25) is 4.79 Å². The van der Waals surface area contributed by atoms with Crippen molar-refractivity contribution in [3.8, 4) is 5.75 Å². The van der Waals surface area contributed by atoms with Crippen LogP contribution in [0.3, 0.4) is 0 Å². The molecule has 1 amide bonds. The largest absolute Gasteiger partial charge is 0.496 e. The molecule has 0 fully saturated rings. The normalized spacial score (nSPS) is 14.7. The van der Waals surface area contributed by atoms with Crippen molar-refractivity contribution in [3.63, 3.8) is 0 Å². The standard InChI is InChI=1S/C28H20Cl3NO2/c1-34-25-8-4-5-18-16-32(28(33)17-9-11-19(29)12-10-17)24-14-13-20(30)15-22(24)27(26(18)25)21-6-2-3-7-23(21)31/h2-15,27H,16H2,1H3. The van der Waals surface area contributed by atoms with Crippen molar-refractivity contribution in [3.05, 3.63) is 128 Å². The van der Waals surface area contributed by atoms with E-state index in [0.717, 1.165) is 33.7 Å². The van der Waals surface area contributed by atoms with E-state index in [-0.39, 0.29) is 11.8 Å². The average molecular weight is 509 g/mol. The van der Waals surface area contributed by atoms with Crippen LogP contribution in [0, 0.1) is 0 Å². The molecule has 6 heteroatoms. The van der Waals surface area contributed by atoms with Gasteiger partial charge in [0.25, 0.3) is 5.91 Å². The van der Waals surface area contributed by atoms with Crippen LogP contribution in [0.1, 0.15) is 38.5 Å². The highest BCUT2D eigenvalue weighted by Gasteiger charge is 2.34. The number of carbonyl (C=O) groups is 1. The van der Waals surface area contributed by atoms with Gasteiger partial charge in [-0.1, -0.05) is 65.1 Å². The molecule has 1 aliphatic rings. The Bertz CT molecular complexity index is 1390. The highest BCUT2D eigenvalue weighted by molar-refractivity contribution is 6.32. The van der Waals surface area contributed by atoms with Gasteiger partial charge in [0.15, 0.2) is 0 Å². The molecule has 4 aromatic rings. The number of benzene rings is 4. The molecule has 3 nitrogen and oxygen atoms in total. The molecule has 0 aromatic heterocycles. The van der Waals surface area contributed by atoms with Gasteiger partial charge in [0.2, 0.25) is 0 Å². The first-order valence-corrected chi connectivity index (χ1v) is 11.9. The van der Waals surface area contributed by atoms with E-state index >= 15 is 0 Å². The molecule has 0 saturated heterocycles. The van der Waals surface area contributed by atoms with E-state index < -0.39 is 0 Å². The summed E-state index contributed by atoms with van der Waals surface area (Å²) in [5.41, 5.74) is 5.05. The molecule has 0 spiro atoms. The fourth-order valence-electron chi connectivity index (χ4n) is 4.61. The second-order valence-corrected chi connectivity index (χ2v) is 9.37. The van der Waals surface area contributed by atoms with E-state index in [0.29, 0.717) is 27.2 Å². The number of fused-ring (bicyclic) bond motifs is 2. The number of anilines is 1. The third-order valence-electron chi connectivity index (χ3n) is 6.14. The van der Waals surface area contributed by atoms with Gasteiger partial charge < -0.3 is 9.64 Å². The fraction of sp³-hybridized carbons (Fsp3) is 0.107. The van der Waals surface area contributed by atoms with Crippen molar-refractivity contribution in [1.29, 1.82) is 0 Å². The van der Waals surface area contributed by atoms with Crippen LogP contribution in [0.15, 0.2) is 84.9 Å². The number of rotatable bonds is 3. The molecule has 0 saturated carbocycles. The van der Waals surface area contributed by atoms with Crippen LogP contribution in [0.2, 0.25) is 15.1 Å². The lowest BCUT2D eigenvalue weighted by Gasteiger charge is -2.25. The zero-order valence-electron chi connectivity index (χ0n) is 18.3. The van der Waals surface area contributed by atoms with Crippen LogP contribution in [0.4, 0.5) is 5.69 Å². The van der Waals surface area contributed by atoms with Crippen molar-refractivity contribution < 1.29 is 9.53 Å². The number of halogens is 3. The number of hydrogen-bond acceptors (Lipinski definition) is 2. The smallest absolute Gasteiger partial charge is 0.258 e. The minimum absolute atomic E-state index is 0.131. The highest BCUT2D eigenvalue weighted by atomic mass is 35.5. The third-order valence-corrected chi connectivity index (χ3v) is 6.97. The van der Waals surface area contributed by atoms with E-state index in [1.165, 1.54) is 0 Å². The Labute approximate surface area is 213 Å². The number of methoxy groups -OCH3 is 1. The maximum atomic E-state index is 13.8. The Morgan fingerprint density at radius 2 is 1.59 bits per heavy atom. The van der Waals surface area contributed by atoms with Crippen molar-refractivity contribution in [2.24, 2.45) is 0 Å². The summed E-state index contributed by atoms with van der Waals surface area (Å²) in [4.78, 5) is 15.6. The van der Waals surface area contributed by atoms with Crippen molar-refractivity contribution in [2.45, 2.75) is 12.5 Å². The molecule has 4 aromatic carbocycles. The number of hydrogen-bond donors (Lipinski definition) is 0.